The average molecular weight is 247 g/mol. The van der Waals surface area contributed by atoms with Crippen molar-refractivity contribution in [2.75, 3.05) is 6.54 Å². The Bertz CT molecular complexity index is 392. The van der Waals surface area contributed by atoms with Gasteiger partial charge in [0.15, 0.2) is 0 Å². The quantitative estimate of drug-likeness (QED) is 0.774. The SMILES string of the molecule is CCCNC(C1=CCCCCC1)c1ccc(C)o1. The lowest BCUT2D eigenvalue weighted by molar-refractivity contribution is 0.421. The van der Waals surface area contributed by atoms with Crippen molar-refractivity contribution in [3.05, 3.63) is 35.3 Å². The van der Waals surface area contributed by atoms with Gasteiger partial charge in [-0.3, -0.25) is 0 Å². The topological polar surface area (TPSA) is 25.2 Å². The van der Waals surface area contributed by atoms with Gasteiger partial charge in [0.2, 0.25) is 0 Å². The maximum absolute atomic E-state index is 5.83. The summed E-state index contributed by atoms with van der Waals surface area (Å²) in [5.74, 6) is 2.08. The highest BCUT2D eigenvalue weighted by atomic mass is 16.3. The van der Waals surface area contributed by atoms with E-state index in [1.165, 1.54) is 37.7 Å². The highest BCUT2D eigenvalue weighted by Gasteiger charge is 2.19. The van der Waals surface area contributed by atoms with E-state index in [1.807, 2.05) is 6.92 Å². The summed E-state index contributed by atoms with van der Waals surface area (Å²) in [4.78, 5) is 0. The van der Waals surface area contributed by atoms with Gasteiger partial charge in [0.25, 0.3) is 0 Å². The monoisotopic (exact) mass is 247 g/mol. The molecule has 0 radical (unpaired) electrons. The maximum atomic E-state index is 5.83. The smallest absolute Gasteiger partial charge is 0.125 e. The molecule has 0 aromatic carbocycles. The summed E-state index contributed by atoms with van der Waals surface area (Å²) in [5.41, 5.74) is 1.52. The molecule has 0 saturated carbocycles. The highest BCUT2D eigenvalue weighted by Crippen LogP contribution is 2.30. The number of hydrogen-bond acceptors (Lipinski definition) is 2. The van der Waals surface area contributed by atoms with Gasteiger partial charge in [-0.1, -0.05) is 19.4 Å². The zero-order chi connectivity index (χ0) is 12.8. The molecule has 1 aromatic rings. The fourth-order valence-corrected chi connectivity index (χ4v) is 2.61. The summed E-state index contributed by atoms with van der Waals surface area (Å²) < 4.78 is 5.83. The van der Waals surface area contributed by atoms with Crippen LogP contribution in [0.4, 0.5) is 0 Å². The van der Waals surface area contributed by atoms with Gasteiger partial charge < -0.3 is 9.73 Å². The summed E-state index contributed by atoms with van der Waals surface area (Å²) in [6, 6.07) is 4.47. The van der Waals surface area contributed by atoms with Crippen molar-refractivity contribution in [2.24, 2.45) is 0 Å². The molecule has 0 saturated heterocycles. The number of rotatable bonds is 5. The van der Waals surface area contributed by atoms with Crippen LogP contribution in [0.15, 0.2) is 28.2 Å². The van der Waals surface area contributed by atoms with Gasteiger partial charge in [0, 0.05) is 0 Å². The third kappa shape index (κ3) is 3.49. The molecule has 1 atom stereocenters. The van der Waals surface area contributed by atoms with Crippen LogP contribution in [0.3, 0.4) is 0 Å². The molecule has 18 heavy (non-hydrogen) atoms. The third-order valence-electron chi connectivity index (χ3n) is 3.59. The molecule has 1 aromatic heterocycles. The Kier molecular flexibility index (Phi) is 5.06. The number of nitrogens with one attached hydrogen (secondary N) is 1. The van der Waals surface area contributed by atoms with Crippen LogP contribution in [0.1, 0.15) is 63.0 Å². The first-order chi connectivity index (χ1) is 8.81. The minimum absolute atomic E-state index is 0.289. The molecule has 100 valence electrons. The highest BCUT2D eigenvalue weighted by molar-refractivity contribution is 5.22. The molecule has 2 heteroatoms. The summed E-state index contributed by atoms with van der Waals surface area (Å²) in [6.45, 7) is 5.27. The van der Waals surface area contributed by atoms with E-state index in [0.717, 1.165) is 24.5 Å². The van der Waals surface area contributed by atoms with Crippen LogP contribution in [0.5, 0.6) is 0 Å². The molecule has 1 N–H and O–H groups in total. The van der Waals surface area contributed by atoms with E-state index < -0.39 is 0 Å². The van der Waals surface area contributed by atoms with E-state index in [4.69, 9.17) is 4.42 Å². The number of allylic oxidation sites excluding steroid dienone is 1. The zero-order valence-corrected chi connectivity index (χ0v) is 11.7. The Morgan fingerprint density at radius 3 is 2.89 bits per heavy atom. The normalized spacial score (nSPS) is 18.2. The summed E-state index contributed by atoms with van der Waals surface area (Å²) in [5, 5.41) is 3.63. The minimum Gasteiger partial charge on any atom is -0.464 e. The predicted molar refractivity (Wildman–Crippen MR) is 75.6 cm³/mol. The van der Waals surface area contributed by atoms with E-state index >= 15 is 0 Å². The zero-order valence-electron chi connectivity index (χ0n) is 11.7. The Hall–Kier alpha value is -1.02. The molecular weight excluding hydrogens is 222 g/mol. The predicted octanol–water partition coefficient (Wildman–Crippen LogP) is 4.52. The van der Waals surface area contributed by atoms with Gasteiger partial charge in [0.1, 0.15) is 11.5 Å². The first-order valence-electron chi connectivity index (χ1n) is 7.30. The van der Waals surface area contributed by atoms with E-state index in [9.17, 15) is 0 Å². The van der Waals surface area contributed by atoms with E-state index in [2.05, 4.69) is 30.4 Å². The maximum Gasteiger partial charge on any atom is 0.125 e. The van der Waals surface area contributed by atoms with Crippen molar-refractivity contribution >= 4 is 0 Å². The number of hydrogen-bond donors (Lipinski definition) is 1. The van der Waals surface area contributed by atoms with Crippen LogP contribution in [0.25, 0.3) is 0 Å². The van der Waals surface area contributed by atoms with E-state index in [0.29, 0.717) is 0 Å². The Morgan fingerprint density at radius 1 is 1.28 bits per heavy atom. The molecule has 2 rings (SSSR count). The van der Waals surface area contributed by atoms with Crippen LogP contribution < -0.4 is 5.32 Å². The van der Waals surface area contributed by atoms with Crippen molar-refractivity contribution in [3.8, 4) is 0 Å². The summed E-state index contributed by atoms with van der Waals surface area (Å²) in [6.07, 6.45) is 10.0. The van der Waals surface area contributed by atoms with Crippen molar-refractivity contribution in [1.82, 2.24) is 5.32 Å². The lowest BCUT2D eigenvalue weighted by atomic mass is 9.99. The second-order valence-electron chi connectivity index (χ2n) is 5.21. The van der Waals surface area contributed by atoms with E-state index in [-0.39, 0.29) is 6.04 Å². The number of aryl methyl sites for hydroxylation is 1. The molecule has 0 amide bonds. The summed E-state index contributed by atoms with van der Waals surface area (Å²) in [7, 11) is 0. The molecule has 1 aliphatic rings. The summed E-state index contributed by atoms with van der Waals surface area (Å²) >= 11 is 0. The molecule has 1 unspecified atom stereocenters. The van der Waals surface area contributed by atoms with Crippen LogP contribution in [-0.4, -0.2) is 6.54 Å². The van der Waals surface area contributed by atoms with Crippen LogP contribution >= 0.6 is 0 Å². The second-order valence-corrected chi connectivity index (χ2v) is 5.21. The Labute approximate surface area is 110 Å². The van der Waals surface area contributed by atoms with Crippen molar-refractivity contribution in [2.45, 2.75) is 58.4 Å². The molecule has 1 aliphatic carbocycles. The average Bonchev–Trinajstić information content (AvgIpc) is 2.65. The van der Waals surface area contributed by atoms with Crippen molar-refractivity contribution < 1.29 is 4.42 Å². The molecular formula is C16H25NO. The Balaban J connectivity index is 2.15. The largest absolute Gasteiger partial charge is 0.464 e. The van der Waals surface area contributed by atoms with Gasteiger partial charge >= 0.3 is 0 Å². The molecule has 0 bridgehead atoms. The third-order valence-corrected chi connectivity index (χ3v) is 3.59. The van der Waals surface area contributed by atoms with Gasteiger partial charge in [-0.15, -0.1) is 0 Å². The van der Waals surface area contributed by atoms with Crippen LogP contribution in [0.2, 0.25) is 0 Å². The van der Waals surface area contributed by atoms with Crippen LogP contribution in [0, 0.1) is 6.92 Å². The first-order valence-corrected chi connectivity index (χ1v) is 7.30. The second kappa shape index (κ2) is 6.79. The van der Waals surface area contributed by atoms with Crippen molar-refractivity contribution in [3.63, 3.8) is 0 Å². The lowest BCUT2D eigenvalue weighted by Crippen LogP contribution is -2.23. The van der Waals surface area contributed by atoms with Gasteiger partial charge in [-0.25, -0.2) is 0 Å². The van der Waals surface area contributed by atoms with Gasteiger partial charge in [-0.05, 0) is 63.3 Å². The fourth-order valence-electron chi connectivity index (χ4n) is 2.61. The standard InChI is InChI=1S/C16H25NO/c1-3-12-17-16(15-11-10-13(2)18-15)14-8-6-4-5-7-9-14/h8,10-11,16-17H,3-7,9,12H2,1-2H3. The number of furan rings is 1. The van der Waals surface area contributed by atoms with Crippen molar-refractivity contribution in [1.29, 1.82) is 0 Å². The van der Waals surface area contributed by atoms with Gasteiger partial charge in [-0.2, -0.15) is 0 Å². The minimum atomic E-state index is 0.289. The molecule has 1 heterocycles. The molecule has 0 spiro atoms. The Morgan fingerprint density at radius 2 is 2.17 bits per heavy atom. The van der Waals surface area contributed by atoms with Gasteiger partial charge in [0.05, 0.1) is 6.04 Å². The molecule has 2 nitrogen and oxygen atoms in total. The fraction of sp³-hybridized carbons (Fsp3) is 0.625. The first kappa shape index (κ1) is 13.4. The molecule has 0 aliphatic heterocycles. The van der Waals surface area contributed by atoms with E-state index in [1.54, 1.807) is 0 Å². The lowest BCUT2D eigenvalue weighted by Gasteiger charge is -2.19. The molecule has 0 fully saturated rings. The van der Waals surface area contributed by atoms with Crippen LogP contribution in [-0.2, 0) is 0 Å².